The number of hydrogen-bond acceptors (Lipinski definition) is 5. The standard InChI is InChI=1S/C20H19FN4O2/c1-14(27-17-5-3-16(21)4-6-17)24-11-2-12-25-19(26)13-18(23-20(24)25)15-7-9-22-10-8-15/h3-10,13-14H,2,11-12H2,1H3. The van der Waals surface area contributed by atoms with Crippen molar-refractivity contribution in [3.8, 4) is 17.0 Å². The molecule has 6 nitrogen and oxygen atoms in total. The van der Waals surface area contributed by atoms with Gasteiger partial charge >= 0.3 is 0 Å². The Morgan fingerprint density at radius 1 is 1.11 bits per heavy atom. The minimum atomic E-state index is -0.360. The van der Waals surface area contributed by atoms with Crippen LogP contribution in [0.3, 0.4) is 0 Å². The second-order valence-corrected chi connectivity index (χ2v) is 6.39. The first-order valence-corrected chi connectivity index (χ1v) is 8.83. The summed E-state index contributed by atoms with van der Waals surface area (Å²) in [5, 5.41) is 0. The molecule has 0 spiro atoms. The van der Waals surface area contributed by atoms with Crippen molar-refractivity contribution in [2.75, 3.05) is 11.4 Å². The van der Waals surface area contributed by atoms with Crippen LogP contribution in [0.5, 0.6) is 5.75 Å². The molecule has 1 aliphatic heterocycles. The van der Waals surface area contributed by atoms with E-state index in [9.17, 15) is 9.18 Å². The number of fused-ring (bicyclic) bond motifs is 1. The summed E-state index contributed by atoms with van der Waals surface area (Å²) in [7, 11) is 0. The van der Waals surface area contributed by atoms with E-state index in [0.717, 1.165) is 12.0 Å². The molecule has 0 radical (unpaired) electrons. The fraction of sp³-hybridized carbons (Fsp3) is 0.250. The maximum atomic E-state index is 13.1. The second kappa shape index (κ2) is 7.19. The summed E-state index contributed by atoms with van der Waals surface area (Å²) in [5.74, 6) is 0.831. The highest BCUT2D eigenvalue weighted by Gasteiger charge is 2.25. The lowest BCUT2D eigenvalue weighted by Crippen LogP contribution is -2.45. The van der Waals surface area contributed by atoms with E-state index in [4.69, 9.17) is 9.72 Å². The fourth-order valence-electron chi connectivity index (χ4n) is 3.21. The molecule has 1 aliphatic rings. The van der Waals surface area contributed by atoms with Gasteiger partial charge in [-0.3, -0.25) is 14.3 Å². The highest BCUT2D eigenvalue weighted by atomic mass is 19.1. The number of anilines is 1. The van der Waals surface area contributed by atoms with Crippen LogP contribution in [-0.2, 0) is 6.54 Å². The Labute approximate surface area is 155 Å². The summed E-state index contributed by atoms with van der Waals surface area (Å²) in [5.41, 5.74) is 1.35. The van der Waals surface area contributed by atoms with Crippen molar-refractivity contribution in [3.05, 3.63) is 71.0 Å². The van der Waals surface area contributed by atoms with Gasteiger partial charge in [0.2, 0.25) is 5.95 Å². The number of ether oxygens (including phenoxy) is 1. The zero-order valence-electron chi connectivity index (χ0n) is 14.9. The Morgan fingerprint density at radius 2 is 1.85 bits per heavy atom. The number of benzene rings is 1. The Morgan fingerprint density at radius 3 is 2.59 bits per heavy atom. The molecule has 7 heteroatoms. The van der Waals surface area contributed by atoms with Gasteiger partial charge in [-0.2, -0.15) is 0 Å². The van der Waals surface area contributed by atoms with Crippen LogP contribution >= 0.6 is 0 Å². The number of aromatic nitrogens is 3. The van der Waals surface area contributed by atoms with Crippen LogP contribution in [0.25, 0.3) is 11.3 Å². The van der Waals surface area contributed by atoms with E-state index in [0.29, 0.717) is 30.5 Å². The molecule has 3 aromatic rings. The molecule has 0 bridgehead atoms. The normalized spacial score (nSPS) is 14.5. The molecule has 0 amide bonds. The molecule has 1 unspecified atom stereocenters. The fourth-order valence-corrected chi connectivity index (χ4v) is 3.21. The van der Waals surface area contributed by atoms with E-state index in [1.807, 2.05) is 24.0 Å². The molecule has 0 saturated heterocycles. The maximum Gasteiger partial charge on any atom is 0.255 e. The van der Waals surface area contributed by atoms with Gasteiger partial charge in [0, 0.05) is 37.1 Å². The van der Waals surface area contributed by atoms with E-state index in [2.05, 4.69) is 4.98 Å². The lowest BCUT2D eigenvalue weighted by atomic mass is 10.2. The van der Waals surface area contributed by atoms with Crippen LogP contribution in [0.2, 0.25) is 0 Å². The van der Waals surface area contributed by atoms with Crippen molar-refractivity contribution in [1.29, 1.82) is 0 Å². The van der Waals surface area contributed by atoms with E-state index < -0.39 is 0 Å². The Balaban J connectivity index is 1.68. The van der Waals surface area contributed by atoms with Crippen molar-refractivity contribution in [2.24, 2.45) is 0 Å². The van der Waals surface area contributed by atoms with Gasteiger partial charge in [0.1, 0.15) is 11.6 Å². The average Bonchev–Trinajstić information content (AvgIpc) is 2.70. The minimum absolute atomic E-state index is 0.0921. The quantitative estimate of drug-likeness (QED) is 0.710. The lowest BCUT2D eigenvalue weighted by Gasteiger charge is -2.35. The van der Waals surface area contributed by atoms with Gasteiger partial charge in [0.15, 0.2) is 6.23 Å². The summed E-state index contributed by atoms with van der Waals surface area (Å²) >= 11 is 0. The van der Waals surface area contributed by atoms with E-state index in [-0.39, 0.29) is 17.6 Å². The molecule has 138 valence electrons. The van der Waals surface area contributed by atoms with Gasteiger partial charge in [-0.25, -0.2) is 9.37 Å². The molecule has 1 atom stereocenters. The van der Waals surface area contributed by atoms with Crippen LogP contribution in [0.4, 0.5) is 10.3 Å². The lowest BCUT2D eigenvalue weighted by molar-refractivity contribution is 0.205. The van der Waals surface area contributed by atoms with Crippen LogP contribution < -0.4 is 15.2 Å². The van der Waals surface area contributed by atoms with Crippen LogP contribution in [0.1, 0.15) is 13.3 Å². The van der Waals surface area contributed by atoms with E-state index >= 15 is 0 Å². The predicted octanol–water partition coefficient (Wildman–Crippen LogP) is 3.08. The molecule has 2 aromatic heterocycles. The van der Waals surface area contributed by atoms with Gasteiger partial charge in [0.25, 0.3) is 5.56 Å². The summed E-state index contributed by atoms with van der Waals surface area (Å²) in [6.45, 7) is 3.23. The van der Waals surface area contributed by atoms with Gasteiger partial charge in [-0.1, -0.05) is 0 Å². The first kappa shape index (κ1) is 17.2. The third kappa shape index (κ3) is 3.53. The summed E-state index contributed by atoms with van der Waals surface area (Å²) in [6.07, 6.45) is 3.81. The van der Waals surface area contributed by atoms with Gasteiger partial charge in [-0.15, -0.1) is 0 Å². The Kier molecular flexibility index (Phi) is 4.58. The highest BCUT2D eigenvalue weighted by Crippen LogP contribution is 2.24. The molecular weight excluding hydrogens is 347 g/mol. The molecule has 4 rings (SSSR count). The minimum Gasteiger partial charge on any atom is -0.471 e. The predicted molar refractivity (Wildman–Crippen MR) is 100 cm³/mol. The Hall–Kier alpha value is -3.22. The molecule has 0 N–H and O–H groups in total. The van der Waals surface area contributed by atoms with Crippen LogP contribution in [0.15, 0.2) is 59.7 Å². The van der Waals surface area contributed by atoms with Crippen molar-refractivity contribution >= 4 is 5.95 Å². The SMILES string of the molecule is CC(Oc1ccc(F)cc1)N1CCCn2c1nc(-c1ccncc1)cc2=O. The number of nitrogens with zero attached hydrogens (tertiary/aromatic N) is 4. The largest absolute Gasteiger partial charge is 0.471 e. The monoisotopic (exact) mass is 366 g/mol. The first-order chi connectivity index (χ1) is 13.1. The zero-order chi connectivity index (χ0) is 18.8. The smallest absolute Gasteiger partial charge is 0.255 e. The average molecular weight is 366 g/mol. The Bertz CT molecular complexity index is 989. The number of halogens is 1. The summed E-state index contributed by atoms with van der Waals surface area (Å²) in [6, 6.07) is 11.1. The molecule has 0 fully saturated rings. The van der Waals surface area contributed by atoms with Crippen molar-refractivity contribution in [3.63, 3.8) is 0 Å². The molecule has 3 heterocycles. The summed E-state index contributed by atoms with van der Waals surface area (Å²) < 4.78 is 20.7. The van der Waals surface area contributed by atoms with Crippen LogP contribution in [-0.4, -0.2) is 27.3 Å². The molecule has 27 heavy (non-hydrogen) atoms. The third-order valence-corrected chi connectivity index (χ3v) is 4.56. The van der Waals surface area contributed by atoms with Crippen molar-refractivity contribution in [1.82, 2.24) is 14.5 Å². The molecular formula is C20H19FN4O2. The van der Waals surface area contributed by atoms with Gasteiger partial charge in [0.05, 0.1) is 5.69 Å². The van der Waals surface area contributed by atoms with Gasteiger partial charge in [-0.05, 0) is 49.7 Å². The highest BCUT2D eigenvalue weighted by molar-refractivity contribution is 5.59. The van der Waals surface area contributed by atoms with Crippen molar-refractivity contribution in [2.45, 2.75) is 26.1 Å². The topological polar surface area (TPSA) is 60.2 Å². The number of hydrogen-bond donors (Lipinski definition) is 0. The van der Waals surface area contributed by atoms with E-state index in [1.54, 1.807) is 35.2 Å². The first-order valence-electron chi connectivity index (χ1n) is 8.83. The second-order valence-electron chi connectivity index (χ2n) is 6.39. The molecule has 0 saturated carbocycles. The maximum absolute atomic E-state index is 13.1. The zero-order valence-corrected chi connectivity index (χ0v) is 14.9. The summed E-state index contributed by atoms with van der Waals surface area (Å²) in [4.78, 5) is 23.3. The third-order valence-electron chi connectivity index (χ3n) is 4.56. The molecule has 1 aromatic carbocycles. The molecule has 0 aliphatic carbocycles. The van der Waals surface area contributed by atoms with Gasteiger partial charge < -0.3 is 9.64 Å². The number of pyridine rings is 1. The van der Waals surface area contributed by atoms with Crippen molar-refractivity contribution < 1.29 is 9.13 Å². The van der Waals surface area contributed by atoms with E-state index in [1.165, 1.54) is 12.1 Å². The number of rotatable bonds is 4. The van der Waals surface area contributed by atoms with Crippen LogP contribution in [0, 0.1) is 5.82 Å².